The number of hydrogen-bond acceptors (Lipinski definition) is 6. The van der Waals surface area contributed by atoms with Gasteiger partial charge in [0.1, 0.15) is 11.8 Å². The van der Waals surface area contributed by atoms with Crippen LogP contribution in [-0.2, 0) is 14.4 Å². The molecule has 1 fully saturated rings. The van der Waals surface area contributed by atoms with E-state index in [0.29, 0.717) is 5.03 Å². The number of amides is 2. The predicted molar refractivity (Wildman–Crippen MR) is 95.5 cm³/mol. The van der Waals surface area contributed by atoms with Crippen LogP contribution in [0.4, 0.5) is 0 Å². The number of nitrogens with zero attached hydrogens (tertiary/aromatic N) is 1. The Morgan fingerprint density at radius 1 is 1.19 bits per heavy atom. The zero-order chi connectivity index (χ0) is 18.6. The quantitative estimate of drug-likeness (QED) is 0.768. The Kier molecular flexibility index (Phi) is 4.00. The van der Waals surface area contributed by atoms with Gasteiger partial charge in [0.15, 0.2) is 0 Å². The van der Waals surface area contributed by atoms with Crippen LogP contribution < -0.4 is 4.87 Å². The molecule has 2 aromatic rings. The molecule has 26 heavy (non-hydrogen) atoms. The molecule has 0 unspecified atom stereocenters. The number of imide groups is 1. The van der Waals surface area contributed by atoms with E-state index in [0.717, 1.165) is 44.0 Å². The number of thiazole rings is 1. The summed E-state index contributed by atoms with van der Waals surface area (Å²) in [6.45, 7) is 1.30. The largest absolute Gasteiger partial charge is 0.480 e. The maximum absolute atomic E-state index is 12.9. The Morgan fingerprint density at radius 2 is 1.88 bits per heavy atom. The van der Waals surface area contributed by atoms with Gasteiger partial charge in [-0.1, -0.05) is 52.9 Å². The van der Waals surface area contributed by atoms with E-state index in [2.05, 4.69) is 4.98 Å². The Morgan fingerprint density at radius 3 is 2.54 bits per heavy atom. The first-order chi connectivity index (χ1) is 12.4. The Balaban J connectivity index is 1.85. The second kappa shape index (κ2) is 6.10. The number of likely N-dealkylation sites (tertiary alicyclic amines) is 1. The molecule has 2 aliphatic rings. The second-order valence-corrected chi connectivity index (χ2v) is 8.48. The van der Waals surface area contributed by atoms with Crippen molar-refractivity contribution in [3.63, 3.8) is 0 Å². The fraction of sp³-hybridized carbons (Fsp3) is 0.294. The lowest BCUT2D eigenvalue weighted by Crippen LogP contribution is -2.36. The molecule has 9 heteroatoms. The highest BCUT2D eigenvalue weighted by molar-refractivity contribution is 8.00. The summed E-state index contributed by atoms with van der Waals surface area (Å²) in [6.07, 6.45) is 0. The van der Waals surface area contributed by atoms with Crippen LogP contribution in [0.15, 0.2) is 34.1 Å². The van der Waals surface area contributed by atoms with Crippen LogP contribution in [-0.4, -0.2) is 44.6 Å². The lowest BCUT2D eigenvalue weighted by Gasteiger charge is -2.29. The van der Waals surface area contributed by atoms with Crippen molar-refractivity contribution in [3.8, 4) is 0 Å². The number of carboxylic acid groups (broad SMARTS) is 1. The van der Waals surface area contributed by atoms with Gasteiger partial charge < -0.3 is 10.1 Å². The molecule has 4 rings (SSSR count). The molecular weight excluding hydrogens is 376 g/mol. The van der Waals surface area contributed by atoms with E-state index in [1.807, 2.05) is 31.2 Å². The number of fused-ring (bicyclic) bond motifs is 2. The summed E-state index contributed by atoms with van der Waals surface area (Å²) in [5.74, 6) is -3.40. The minimum atomic E-state index is -1.23. The van der Waals surface area contributed by atoms with Crippen molar-refractivity contribution in [2.75, 3.05) is 6.54 Å². The molecule has 3 heterocycles. The van der Waals surface area contributed by atoms with Crippen LogP contribution in [0.25, 0.3) is 0 Å². The lowest BCUT2D eigenvalue weighted by molar-refractivity contribution is -0.149. The summed E-state index contributed by atoms with van der Waals surface area (Å²) < 4.78 is 0. The number of nitrogens with one attached hydrogen (secondary N) is 1. The number of aromatic nitrogens is 1. The van der Waals surface area contributed by atoms with Gasteiger partial charge in [-0.3, -0.25) is 24.1 Å². The first-order valence-electron chi connectivity index (χ1n) is 7.90. The van der Waals surface area contributed by atoms with Crippen molar-refractivity contribution < 1.29 is 19.5 Å². The molecule has 1 aromatic carbocycles. The molecule has 1 saturated heterocycles. The van der Waals surface area contributed by atoms with Crippen molar-refractivity contribution in [3.05, 3.63) is 49.9 Å². The molecule has 2 amide bonds. The zero-order valence-electron chi connectivity index (χ0n) is 13.6. The topological polar surface area (TPSA) is 108 Å². The van der Waals surface area contributed by atoms with Crippen molar-refractivity contribution in [1.29, 1.82) is 0 Å². The lowest BCUT2D eigenvalue weighted by atomic mass is 9.83. The molecule has 2 N–H and O–H groups in total. The van der Waals surface area contributed by atoms with Gasteiger partial charge in [0.25, 0.3) is 0 Å². The molecule has 0 radical (unpaired) electrons. The minimum Gasteiger partial charge on any atom is -0.480 e. The van der Waals surface area contributed by atoms with E-state index >= 15 is 0 Å². The van der Waals surface area contributed by atoms with Crippen LogP contribution in [0.2, 0.25) is 0 Å². The van der Waals surface area contributed by atoms with Crippen LogP contribution in [0.1, 0.15) is 21.9 Å². The highest BCUT2D eigenvalue weighted by atomic mass is 32.2. The number of benzene rings is 1. The highest BCUT2D eigenvalue weighted by Gasteiger charge is 2.56. The number of hydrogen-bond donors (Lipinski definition) is 2. The fourth-order valence-electron chi connectivity index (χ4n) is 3.50. The van der Waals surface area contributed by atoms with E-state index in [4.69, 9.17) is 5.11 Å². The summed E-state index contributed by atoms with van der Waals surface area (Å²) in [5.41, 5.74) is 1.89. The molecule has 0 spiro atoms. The number of carbonyl (C=O) groups is 3. The smallest absolute Gasteiger partial charge is 0.323 e. The number of aryl methyl sites for hydroxylation is 1. The van der Waals surface area contributed by atoms with Gasteiger partial charge >= 0.3 is 10.8 Å². The average Bonchev–Trinajstić information content (AvgIpc) is 3.06. The molecule has 0 bridgehead atoms. The van der Waals surface area contributed by atoms with Crippen molar-refractivity contribution in [2.45, 2.75) is 23.1 Å². The molecule has 134 valence electrons. The van der Waals surface area contributed by atoms with Crippen LogP contribution >= 0.6 is 23.1 Å². The Hall–Kier alpha value is -2.39. The van der Waals surface area contributed by atoms with Gasteiger partial charge in [-0.2, -0.15) is 0 Å². The van der Waals surface area contributed by atoms with Gasteiger partial charge in [-0.05, 0) is 12.5 Å². The van der Waals surface area contributed by atoms with Gasteiger partial charge in [-0.15, -0.1) is 0 Å². The molecule has 7 nitrogen and oxygen atoms in total. The fourth-order valence-corrected chi connectivity index (χ4v) is 6.04. The number of carbonyl (C=O) groups excluding carboxylic acids is 2. The molecule has 3 atom stereocenters. The van der Waals surface area contributed by atoms with E-state index in [1.54, 1.807) is 0 Å². The average molecular weight is 390 g/mol. The SMILES string of the molecule is Cc1ccc([C@@H]2c3sc(=O)[nH]c3S[C@H]3C(=O)N(CC(=O)O)C(=O)[C@@H]23)cc1. The highest BCUT2D eigenvalue weighted by Crippen LogP contribution is 2.52. The summed E-state index contributed by atoms with van der Waals surface area (Å²) >= 11 is 2.18. The molecule has 0 saturated carbocycles. The maximum atomic E-state index is 12.9. The zero-order valence-corrected chi connectivity index (χ0v) is 15.2. The standard InChI is InChI=1S/C17H14N2O5S2/c1-7-2-4-8(5-3-7)10-11-13(25-14-12(10)26-17(24)18-14)16(23)19(15(11)22)6-9(20)21/h2-5,10-11,13H,6H2,1H3,(H,18,24)(H,20,21)/t10-,11-,13+/m0/s1. The van der Waals surface area contributed by atoms with Gasteiger partial charge in [0.05, 0.1) is 10.9 Å². The van der Waals surface area contributed by atoms with Gasteiger partial charge in [0, 0.05) is 10.8 Å². The normalized spacial score (nSPS) is 24.5. The molecular formula is C17H14N2O5S2. The van der Waals surface area contributed by atoms with Crippen molar-refractivity contribution in [1.82, 2.24) is 9.88 Å². The molecule has 0 aliphatic carbocycles. The van der Waals surface area contributed by atoms with E-state index in [1.165, 1.54) is 0 Å². The molecule has 2 aliphatic heterocycles. The monoisotopic (exact) mass is 390 g/mol. The van der Waals surface area contributed by atoms with Crippen LogP contribution in [0.3, 0.4) is 0 Å². The Bertz CT molecular complexity index is 978. The third kappa shape index (κ3) is 2.58. The van der Waals surface area contributed by atoms with Gasteiger partial charge in [-0.25, -0.2) is 0 Å². The Labute approximate surface area is 156 Å². The third-order valence-electron chi connectivity index (χ3n) is 4.65. The van der Waals surface area contributed by atoms with E-state index in [-0.39, 0.29) is 4.87 Å². The molecule has 1 aromatic heterocycles. The minimum absolute atomic E-state index is 0.234. The number of rotatable bonds is 3. The van der Waals surface area contributed by atoms with E-state index in [9.17, 15) is 19.2 Å². The second-order valence-electron chi connectivity index (χ2n) is 6.32. The predicted octanol–water partition coefficient (Wildman–Crippen LogP) is 1.42. The number of thioether (sulfide) groups is 1. The number of H-pyrrole nitrogens is 1. The first kappa shape index (κ1) is 17.0. The van der Waals surface area contributed by atoms with Crippen molar-refractivity contribution >= 4 is 40.9 Å². The van der Waals surface area contributed by atoms with Crippen molar-refractivity contribution in [2.24, 2.45) is 5.92 Å². The maximum Gasteiger partial charge on any atom is 0.323 e. The number of aromatic amines is 1. The summed E-state index contributed by atoms with van der Waals surface area (Å²) in [6, 6.07) is 7.60. The summed E-state index contributed by atoms with van der Waals surface area (Å²) in [7, 11) is 0. The van der Waals surface area contributed by atoms with E-state index < -0.39 is 41.4 Å². The number of carboxylic acids is 1. The third-order valence-corrected chi connectivity index (χ3v) is 7.05. The van der Waals surface area contributed by atoms with Crippen LogP contribution in [0.5, 0.6) is 0 Å². The van der Waals surface area contributed by atoms with Crippen LogP contribution in [0, 0.1) is 12.8 Å². The van der Waals surface area contributed by atoms with Gasteiger partial charge in [0.2, 0.25) is 11.8 Å². The number of aliphatic carboxylic acids is 1. The summed E-state index contributed by atoms with van der Waals surface area (Å²) in [5, 5.41) is 8.89. The first-order valence-corrected chi connectivity index (χ1v) is 9.59. The summed E-state index contributed by atoms with van der Waals surface area (Å²) in [4.78, 5) is 52.5.